The third-order valence-electron chi connectivity index (χ3n) is 2.60. The summed E-state index contributed by atoms with van der Waals surface area (Å²) in [7, 11) is 1.20. The van der Waals surface area contributed by atoms with Gasteiger partial charge in [0.1, 0.15) is 12.1 Å². The fourth-order valence-corrected chi connectivity index (χ4v) is 1.67. The van der Waals surface area contributed by atoms with Gasteiger partial charge in [-0.3, -0.25) is 0 Å². The average molecular weight is 315 g/mol. The highest BCUT2D eigenvalue weighted by Gasteiger charge is 2.28. The molecule has 22 heavy (non-hydrogen) atoms. The molecule has 0 radical (unpaired) electrons. The molecule has 0 saturated heterocycles. The lowest BCUT2D eigenvalue weighted by atomic mass is 10.2. The lowest BCUT2D eigenvalue weighted by Crippen LogP contribution is -2.20. The molecule has 0 aliphatic carbocycles. The lowest BCUT2D eigenvalue weighted by Gasteiger charge is -2.12. The minimum atomic E-state index is -4.42. The fourth-order valence-electron chi connectivity index (χ4n) is 1.67. The van der Waals surface area contributed by atoms with Crippen molar-refractivity contribution < 1.29 is 27.4 Å². The van der Waals surface area contributed by atoms with Crippen molar-refractivity contribution in [2.45, 2.75) is 12.7 Å². The van der Waals surface area contributed by atoms with Crippen molar-refractivity contribution >= 4 is 5.97 Å². The highest BCUT2D eigenvalue weighted by Crippen LogP contribution is 2.22. The van der Waals surface area contributed by atoms with Crippen molar-refractivity contribution in [1.82, 2.24) is 14.8 Å². The molecule has 118 valence electrons. The number of halogens is 3. The molecule has 0 aliphatic rings. The topological polar surface area (TPSA) is 66.2 Å². The van der Waals surface area contributed by atoms with E-state index in [0.717, 1.165) is 0 Å². The number of hydrogen-bond donors (Lipinski definition) is 0. The van der Waals surface area contributed by atoms with Crippen LogP contribution in [-0.2, 0) is 11.3 Å². The summed E-state index contributed by atoms with van der Waals surface area (Å²) >= 11 is 0. The van der Waals surface area contributed by atoms with Crippen molar-refractivity contribution in [3.05, 3.63) is 42.0 Å². The number of ether oxygens (including phenoxy) is 2. The first kappa shape index (κ1) is 15.8. The van der Waals surface area contributed by atoms with Gasteiger partial charge in [0.25, 0.3) is 5.82 Å². The zero-order chi connectivity index (χ0) is 16.2. The standard InChI is InChI=1S/C13H12F3N3O3/c1-21-12(20)11-17-8-19(18-11)6-9-4-2-3-5-10(9)22-7-13(14,15)16/h2-5,8H,6-7H2,1H3. The Bertz CT molecular complexity index is 655. The second-order valence-electron chi connectivity index (χ2n) is 4.27. The number of para-hydroxylation sites is 1. The van der Waals surface area contributed by atoms with E-state index in [2.05, 4.69) is 14.8 Å². The number of alkyl halides is 3. The van der Waals surface area contributed by atoms with Crippen LogP contribution in [0.3, 0.4) is 0 Å². The van der Waals surface area contributed by atoms with Gasteiger partial charge in [-0.05, 0) is 6.07 Å². The summed E-state index contributed by atoms with van der Waals surface area (Å²) in [6.45, 7) is -1.27. The maximum Gasteiger partial charge on any atom is 0.422 e. The number of hydrogen-bond acceptors (Lipinski definition) is 5. The van der Waals surface area contributed by atoms with E-state index in [4.69, 9.17) is 4.74 Å². The molecule has 9 heteroatoms. The van der Waals surface area contributed by atoms with Crippen LogP contribution in [-0.4, -0.2) is 40.6 Å². The molecule has 0 spiro atoms. The molecule has 0 N–H and O–H groups in total. The lowest BCUT2D eigenvalue weighted by molar-refractivity contribution is -0.153. The molecular formula is C13H12F3N3O3. The predicted octanol–water partition coefficient (Wildman–Crippen LogP) is 2.05. The van der Waals surface area contributed by atoms with Gasteiger partial charge in [0.05, 0.1) is 13.7 Å². The summed E-state index contributed by atoms with van der Waals surface area (Å²) < 4.78 is 47.2. The Morgan fingerprint density at radius 2 is 2.05 bits per heavy atom. The van der Waals surface area contributed by atoms with E-state index < -0.39 is 18.8 Å². The van der Waals surface area contributed by atoms with Crippen molar-refractivity contribution in [1.29, 1.82) is 0 Å². The van der Waals surface area contributed by atoms with Gasteiger partial charge >= 0.3 is 12.1 Å². The second kappa shape index (κ2) is 6.46. The van der Waals surface area contributed by atoms with E-state index in [9.17, 15) is 18.0 Å². The third kappa shape index (κ3) is 4.21. The first-order valence-corrected chi connectivity index (χ1v) is 6.14. The first-order chi connectivity index (χ1) is 10.4. The van der Waals surface area contributed by atoms with Crippen LogP contribution in [0, 0.1) is 0 Å². The number of nitrogens with zero attached hydrogens (tertiary/aromatic N) is 3. The molecule has 0 fully saturated rings. The molecule has 1 aromatic heterocycles. The highest BCUT2D eigenvalue weighted by atomic mass is 19.4. The van der Waals surface area contributed by atoms with Crippen LogP contribution in [0.15, 0.2) is 30.6 Å². The molecule has 1 aromatic carbocycles. The smallest absolute Gasteiger partial charge is 0.422 e. The van der Waals surface area contributed by atoms with E-state index >= 15 is 0 Å². The van der Waals surface area contributed by atoms with Crippen molar-refractivity contribution in [2.75, 3.05) is 13.7 Å². The van der Waals surface area contributed by atoms with E-state index in [-0.39, 0.29) is 18.1 Å². The minimum Gasteiger partial charge on any atom is -0.484 e. The van der Waals surface area contributed by atoms with Crippen LogP contribution in [0.1, 0.15) is 16.2 Å². The number of esters is 1. The SMILES string of the molecule is COC(=O)c1ncn(Cc2ccccc2OCC(F)(F)F)n1. The molecule has 0 atom stereocenters. The third-order valence-corrected chi connectivity index (χ3v) is 2.60. The number of benzene rings is 1. The van der Waals surface area contributed by atoms with Gasteiger partial charge in [-0.25, -0.2) is 14.5 Å². The van der Waals surface area contributed by atoms with Gasteiger partial charge in [0.15, 0.2) is 6.61 Å². The van der Waals surface area contributed by atoms with Crippen molar-refractivity contribution in [3.63, 3.8) is 0 Å². The van der Waals surface area contributed by atoms with Gasteiger partial charge < -0.3 is 9.47 Å². The summed E-state index contributed by atoms with van der Waals surface area (Å²) in [6.07, 6.45) is -3.13. The molecule has 0 unspecified atom stereocenters. The maximum absolute atomic E-state index is 12.2. The Morgan fingerprint density at radius 3 is 2.73 bits per heavy atom. The van der Waals surface area contributed by atoms with Gasteiger partial charge in [0.2, 0.25) is 0 Å². The van der Waals surface area contributed by atoms with Gasteiger partial charge in [-0.1, -0.05) is 18.2 Å². The Morgan fingerprint density at radius 1 is 1.32 bits per heavy atom. The average Bonchev–Trinajstić information content (AvgIpc) is 2.93. The molecule has 2 rings (SSSR count). The number of methoxy groups -OCH3 is 1. The van der Waals surface area contributed by atoms with Crippen LogP contribution < -0.4 is 4.74 Å². The molecular weight excluding hydrogens is 303 g/mol. The van der Waals surface area contributed by atoms with Crippen LogP contribution in [0.2, 0.25) is 0 Å². The molecule has 0 saturated carbocycles. The molecule has 2 aromatic rings. The molecule has 0 bridgehead atoms. The maximum atomic E-state index is 12.2. The second-order valence-corrected chi connectivity index (χ2v) is 4.27. The predicted molar refractivity (Wildman–Crippen MR) is 68.5 cm³/mol. The zero-order valence-electron chi connectivity index (χ0n) is 11.5. The molecule has 1 heterocycles. The molecule has 0 amide bonds. The summed E-state index contributed by atoms with van der Waals surface area (Å²) in [4.78, 5) is 15.0. The summed E-state index contributed by atoms with van der Waals surface area (Å²) in [5, 5.41) is 3.88. The van der Waals surface area contributed by atoms with E-state index in [1.165, 1.54) is 24.2 Å². The summed E-state index contributed by atoms with van der Waals surface area (Å²) in [6, 6.07) is 6.26. The largest absolute Gasteiger partial charge is 0.484 e. The quantitative estimate of drug-likeness (QED) is 0.790. The van der Waals surface area contributed by atoms with Gasteiger partial charge in [-0.15, -0.1) is 5.10 Å². The Labute approximate surface area is 123 Å². The number of carbonyl (C=O) groups is 1. The highest BCUT2D eigenvalue weighted by molar-refractivity contribution is 5.84. The Hall–Kier alpha value is -2.58. The van der Waals surface area contributed by atoms with Gasteiger partial charge in [-0.2, -0.15) is 13.2 Å². The Kier molecular flexibility index (Phi) is 4.64. The summed E-state index contributed by atoms with van der Waals surface area (Å²) in [5.41, 5.74) is 0.480. The van der Waals surface area contributed by atoms with Crippen LogP contribution in [0.5, 0.6) is 5.75 Å². The normalized spacial score (nSPS) is 11.3. The van der Waals surface area contributed by atoms with Crippen molar-refractivity contribution in [2.24, 2.45) is 0 Å². The van der Waals surface area contributed by atoms with Crippen LogP contribution in [0.4, 0.5) is 13.2 Å². The number of rotatable bonds is 5. The number of carbonyl (C=O) groups excluding carboxylic acids is 1. The molecule has 0 aliphatic heterocycles. The van der Waals surface area contributed by atoms with E-state index in [1.54, 1.807) is 18.2 Å². The van der Waals surface area contributed by atoms with Crippen molar-refractivity contribution in [3.8, 4) is 5.75 Å². The first-order valence-electron chi connectivity index (χ1n) is 6.14. The zero-order valence-corrected chi connectivity index (χ0v) is 11.5. The van der Waals surface area contributed by atoms with Crippen LogP contribution >= 0.6 is 0 Å². The monoisotopic (exact) mass is 315 g/mol. The Balaban J connectivity index is 2.12. The number of aromatic nitrogens is 3. The summed E-state index contributed by atoms with van der Waals surface area (Å²) in [5.74, 6) is -0.730. The van der Waals surface area contributed by atoms with E-state index in [1.807, 2.05) is 0 Å². The molecule has 6 nitrogen and oxygen atoms in total. The fraction of sp³-hybridized carbons (Fsp3) is 0.308. The van der Waals surface area contributed by atoms with E-state index in [0.29, 0.717) is 5.56 Å². The van der Waals surface area contributed by atoms with Crippen LogP contribution in [0.25, 0.3) is 0 Å². The van der Waals surface area contributed by atoms with Gasteiger partial charge in [0, 0.05) is 5.56 Å². The minimum absolute atomic E-state index is 0.0925.